The summed E-state index contributed by atoms with van der Waals surface area (Å²) in [6, 6.07) is 13.4. The van der Waals surface area contributed by atoms with Crippen molar-refractivity contribution >= 4 is 38.3 Å². The summed E-state index contributed by atoms with van der Waals surface area (Å²) in [7, 11) is 1.62. The van der Waals surface area contributed by atoms with E-state index < -0.39 is 0 Å². The van der Waals surface area contributed by atoms with E-state index in [1.54, 1.807) is 7.11 Å². The summed E-state index contributed by atoms with van der Waals surface area (Å²) in [5.41, 5.74) is 1.54. The molecule has 0 saturated heterocycles. The number of thiazole rings is 1. The number of fused-ring (bicyclic) bond motifs is 1. The number of hydrogen-bond acceptors (Lipinski definition) is 6. The number of nitrogens with zero attached hydrogens (tertiary/aromatic N) is 3. The first-order valence-corrected chi connectivity index (χ1v) is 12.7. The maximum absolute atomic E-state index is 12.9. The van der Waals surface area contributed by atoms with Gasteiger partial charge in [0.25, 0.3) is 5.56 Å². The second kappa shape index (κ2) is 10.9. The Bertz CT molecular complexity index is 1330. The van der Waals surface area contributed by atoms with Crippen molar-refractivity contribution in [2.45, 2.75) is 39.0 Å². The van der Waals surface area contributed by atoms with Crippen LogP contribution in [0.2, 0.25) is 0 Å². The maximum Gasteiger partial charge on any atom is 0.291 e. The van der Waals surface area contributed by atoms with E-state index in [1.807, 2.05) is 48.5 Å². The third-order valence-corrected chi connectivity index (χ3v) is 6.76. The van der Waals surface area contributed by atoms with Gasteiger partial charge < -0.3 is 9.47 Å². The second-order valence-corrected chi connectivity index (χ2v) is 9.65. The van der Waals surface area contributed by atoms with Gasteiger partial charge in [-0.2, -0.15) is 9.50 Å². The standard InChI is InChI=1S/C25H26BrN3O3S/c1-3-4-5-6-7-14-32-20-13-8-17(15-21(20)31-2)16-22-24(30)29-25(33-22)27-23(28-29)18-9-11-19(26)12-10-18/h8-13,15-16H,3-7,14H2,1-2H3/b22-16+. The van der Waals surface area contributed by atoms with Gasteiger partial charge in [-0.3, -0.25) is 4.79 Å². The molecule has 0 aliphatic heterocycles. The molecule has 0 bridgehead atoms. The predicted molar refractivity (Wildman–Crippen MR) is 136 cm³/mol. The molecule has 0 amide bonds. The van der Waals surface area contributed by atoms with Gasteiger partial charge >= 0.3 is 0 Å². The van der Waals surface area contributed by atoms with Gasteiger partial charge in [0.2, 0.25) is 4.96 Å². The molecule has 2 heterocycles. The molecule has 2 aromatic carbocycles. The minimum absolute atomic E-state index is 0.183. The molecule has 0 unspecified atom stereocenters. The molecule has 0 fully saturated rings. The molecule has 0 radical (unpaired) electrons. The lowest BCUT2D eigenvalue weighted by atomic mass is 10.1. The van der Waals surface area contributed by atoms with Crippen LogP contribution in [0.4, 0.5) is 0 Å². The van der Waals surface area contributed by atoms with Crippen LogP contribution in [0.15, 0.2) is 51.7 Å². The van der Waals surface area contributed by atoms with Crippen molar-refractivity contribution in [2.24, 2.45) is 0 Å². The van der Waals surface area contributed by atoms with Crippen molar-refractivity contribution in [1.82, 2.24) is 14.6 Å². The minimum atomic E-state index is -0.183. The lowest BCUT2D eigenvalue weighted by Gasteiger charge is -2.11. The van der Waals surface area contributed by atoms with Gasteiger partial charge in [-0.25, -0.2) is 0 Å². The number of unbranched alkanes of at least 4 members (excludes halogenated alkanes) is 4. The van der Waals surface area contributed by atoms with Gasteiger partial charge in [0.05, 0.1) is 18.2 Å². The molecule has 2 aromatic heterocycles. The first-order valence-electron chi connectivity index (χ1n) is 11.1. The fourth-order valence-corrected chi connectivity index (χ4v) is 4.66. The van der Waals surface area contributed by atoms with Crippen LogP contribution in [-0.4, -0.2) is 28.3 Å². The highest BCUT2D eigenvalue weighted by atomic mass is 79.9. The Morgan fingerprint density at radius 1 is 1.06 bits per heavy atom. The molecule has 0 spiro atoms. The highest BCUT2D eigenvalue weighted by molar-refractivity contribution is 9.10. The molecule has 0 aliphatic rings. The summed E-state index contributed by atoms with van der Waals surface area (Å²) in [4.78, 5) is 18.0. The van der Waals surface area contributed by atoms with Crippen molar-refractivity contribution in [2.75, 3.05) is 13.7 Å². The third-order valence-electron chi connectivity index (χ3n) is 5.28. The van der Waals surface area contributed by atoms with Crippen LogP contribution >= 0.6 is 27.3 Å². The fraction of sp³-hybridized carbons (Fsp3) is 0.320. The Kier molecular flexibility index (Phi) is 7.77. The average Bonchev–Trinajstić information content (AvgIpc) is 3.36. The smallest absolute Gasteiger partial charge is 0.291 e. The van der Waals surface area contributed by atoms with Gasteiger partial charge in [-0.15, -0.1) is 5.10 Å². The lowest BCUT2D eigenvalue weighted by molar-refractivity contribution is 0.285. The predicted octanol–water partition coefficient (Wildman–Crippen LogP) is 5.49. The first-order chi connectivity index (χ1) is 16.1. The molecular weight excluding hydrogens is 502 g/mol. The minimum Gasteiger partial charge on any atom is -0.493 e. The summed E-state index contributed by atoms with van der Waals surface area (Å²) in [6.07, 6.45) is 7.78. The number of hydrogen-bond donors (Lipinski definition) is 0. The Morgan fingerprint density at radius 2 is 1.85 bits per heavy atom. The van der Waals surface area contributed by atoms with Gasteiger partial charge in [0.15, 0.2) is 17.3 Å². The SMILES string of the molecule is CCCCCCCOc1ccc(/C=c2/sc3nc(-c4ccc(Br)cc4)nn3c2=O)cc1OC. The summed E-state index contributed by atoms with van der Waals surface area (Å²) in [5, 5.41) is 4.41. The quantitative estimate of drug-likeness (QED) is 0.255. The van der Waals surface area contributed by atoms with Crippen molar-refractivity contribution < 1.29 is 9.47 Å². The fourth-order valence-electron chi connectivity index (χ4n) is 3.49. The van der Waals surface area contributed by atoms with E-state index in [0.717, 1.165) is 22.0 Å². The zero-order valence-electron chi connectivity index (χ0n) is 18.7. The Morgan fingerprint density at radius 3 is 2.58 bits per heavy atom. The van der Waals surface area contributed by atoms with Crippen LogP contribution in [0.25, 0.3) is 22.4 Å². The summed E-state index contributed by atoms with van der Waals surface area (Å²) in [6.45, 7) is 2.88. The second-order valence-electron chi connectivity index (χ2n) is 7.73. The van der Waals surface area contributed by atoms with Gasteiger partial charge in [-0.05, 0) is 42.3 Å². The molecule has 6 nitrogen and oxygen atoms in total. The van der Waals surface area contributed by atoms with E-state index in [0.29, 0.717) is 33.4 Å². The molecule has 33 heavy (non-hydrogen) atoms. The molecule has 0 atom stereocenters. The van der Waals surface area contributed by atoms with E-state index in [4.69, 9.17) is 9.47 Å². The van der Waals surface area contributed by atoms with Gasteiger partial charge in [0, 0.05) is 10.0 Å². The lowest BCUT2D eigenvalue weighted by Crippen LogP contribution is -2.23. The van der Waals surface area contributed by atoms with Crippen molar-refractivity contribution in [3.63, 3.8) is 0 Å². The molecule has 8 heteroatoms. The maximum atomic E-state index is 12.9. The third kappa shape index (κ3) is 5.62. The van der Waals surface area contributed by atoms with E-state index in [2.05, 4.69) is 32.9 Å². The highest BCUT2D eigenvalue weighted by Crippen LogP contribution is 2.28. The topological polar surface area (TPSA) is 65.7 Å². The summed E-state index contributed by atoms with van der Waals surface area (Å²) in [5.74, 6) is 1.91. The Balaban J connectivity index is 1.52. The zero-order valence-corrected chi connectivity index (χ0v) is 21.1. The highest BCUT2D eigenvalue weighted by Gasteiger charge is 2.12. The van der Waals surface area contributed by atoms with Gasteiger partial charge in [0.1, 0.15) is 0 Å². The average molecular weight is 528 g/mol. The number of rotatable bonds is 10. The number of halogens is 1. The van der Waals surface area contributed by atoms with Crippen LogP contribution in [-0.2, 0) is 0 Å². The first kappa shape index (κ1) is 23.4. The van der Waals surface area contributed by atoms with E-state index >= 15 is 0 Å². The van der Waals surface area contributed by atoms with Crippen molar-refractivity contribution in [1.29, 1.82) is 0 Å². The largest absolute Gasteiger partial charge is 0.493 e. The monoisotopic (exact) mass is 527 g/mol. The normalized spacial score (nSPS) is 11.9. The number of aromatic nitrogens is 3. The van der Waals surface area contributed by atoms with E-state index in [1.165, 1.54) is 41.5 Å². The van der Waals surface area contributed by atoms with Crippen LogP contribution in [0, 0.1) is 0 Å². The zero-order chi connectivity index (χ0) is 23.2. The summed E-state index contributed by atoms with van der Waals surface area (Å²) >= 11 is 4.74. The molecule has 4 aromatic rings. The molecule has 172 valence electrons. The number of ether oxygens (including phenoxy) is 2. The van der Waals surface area contributed by atoms with Crippen molar-refractivity contribution in [3.8, 4) is 22.9 Å². The Hall–Kier alpha value is -2.71. The number of benzene rings is 2. The molecular formula is C25H26BrN3O3S. The molecule has 4 rings (SSSR count). The van der Waals surface area contributed by atoms with E-state index in [-0.39, 0.29) is 5.56 Å². The molecule has 0 aliphatic carbocycles. The summed E-state index contributed by atoms with van der Waals surface area (Å²) < 4.78 is 14.3. The van der Waals surface area contributed by atoms with Crippen molar-refractivity contribution in [3.05, 3.63) is 67.4 Å². The van der Waals surface area contributed by atoms with Crippen LogP contribution in [0.5, 0.6) is 11.5 Å². The van der Waals surface area contributed by atoms with Gasteiger partial charge in [-0.1, -0.05) is 78.1 Å². The Labute approximate surface area is 205 Å². The van der Waals surface area contributed by atoms with Crippen LogP contribution in [0.1, 0.15) is 44.6 Å². The molecule has 0 N–H and O–H groups in total. The molecule has 0 saturated carbocycles. The van der Waals surface area contributed by atoms with E-state index in [9.17, 15) is 4.79 Å². The van der Waals surface area contributed by atoms with Crippen LogP contribution in [0.3, 0.4) is 0 Å². The number of methoxy groups -OCH3 is 1. The van der Waals surface area contributed by atoms with Crippen LogP contribution < -0.4 is 19.6 Å².